The number of fused-ring (bicyclic) bond motifs is 2. The Morgan fingerprint density at radius 2 is 1.08 bits per heavy atom. The van der Waals surface area contributed by atoms with Gasteiger partial charge in [-0.1, -0.05) is 84.1 Å². The number of unbranched alkanes of at least 4 members (excludes halogenated alkanes) is 10. The number of thiazole rings is 2. The third-order valence-corrected chi connectivity index (χ3v) is 15.7. The van der Waals surface area contributed by atoms with Crippen molar-refractivity contribution in [1.82, 2.24) is 9.97 Å². The van der Waals surface area contributed by atoms with Gasteiger partial charge in [-0.05, 0) is 72.8 Å². The first kappa shape index (κ1) is 35.0. The maximum atomic E-state index is 10.8. The Kier molecular flexibility index (Phi) is 12.0. The van der Waals surface area contributed by atoms with E-state index in [1.165, 1.54) is 122 Å². The maximum absolute atomic E-state index is 10.8. The van der Waals surface area contributed by atoms with Crippen LogP contribution in [0.1, 0.15) is 101 Å². The summed E-state index contributed by atoms with van der Waals surface area (Å²) in [5.41, 5.74) is 4.53. The molecule has 1 aromatic carbocycles. The standard InChI is InChI=1S/C40H44N2OS6/c1-3-5-7-9-11-13-16-26-19-21-29(46-26)32-34-37(48-39(41-34)31-18-15-24-44-31)33(30-22-20-27(47-30)17-14-12-10-8-6-4-2)35-38(32)49-40(42-35)36-28(43)23-25-45-36/h15,18-25,43H,3-14,16-17H2,1-2H3. The molecular weight excluding hydrogens is 717 g/mol. The van der Waals surface area contributed by atoms with E-state index in [1.807, 2.05) is 28.1 Å². The predicted octanol–water partition coefficient (Wildman–Crippen LogP) is 15.3. The van der Waals surface area contributed by atoms with E-state index < -0.39 is 0 Å². The number of benzene rings is 1. The minimum Gasteiger partial charge on any atom is -0.506 e. The Balaban J connectivity index is 1.32. The summed E-state index contributed by atoms with van der Waals surface area (Å²) in [6.07, 6.45) is 18.0. The third kappa shape index (κ3) is 7.92. The van der Waals surface area contributed by atoms with Crippen molar-refractivity contribution in [3.05, 3.63) is 63.0 Å². The highest BCUT2D eigenvalue weighted by atomic mass is 32.1. The molecule has 0 saturated heterocycles. The van der Waals surface area contributed by atoms with Gasteiger partial charge in [0.2, 0.25) is 0 Å². The Hall–Kier alpha value is -2.40. The molecule has 0 aliphatic carbocycles. The SMILES string of the molecule is CCCCCCCCc1ccc(-c2c3nc(-c4sccc4O)sc3c(-c3ccc(CCCCCCCC)s3)c3nc(-c4cccs4)sc23)s1. The van der Waals surface area contributed by atoms with Gasteiger partial charge in [0, 0.05) is 30.6 Å². The zero-order valence-corrected chi connectivity index (χ0v) is 33.3. The number of aromatic nitrogens is 2. The molecule has 1 N–H and O–H groups in total. The van der Waals surface area contributed by atoms with Crippen molar-refractivity contribution in [2.45, 2.75) is 104 Å². The number of hydrogen-bond acceptors (Lipinski definition) is 9. The monoisotopic (exact) mass is 760 g/mol. The van der Waals surface area contributed by atoms with Crippen molar-refractivity contribution in [3.63, 3.8) is 0 Å². The fraction of sp³-hybridized carbons (Fsp3) is 0.400. The van der Waals surface area contributed by atoms with Gasteiger partial charge in [0.05, 0.1) is 25.3 Å². The molecule has 0 amide bonds. The molecule has 0 fully saturated rings. The van der Waals surface area contributed by atoms with Crippen molar-refractivity contribution in [2.75, 3.05) is 0 Å². The number of aromatic hydroxyl groups is 1. The summed E-state index contributed by atoms with van der Waals surface area (Å²) in [6, 6.07) is 15.4. The van der Waals surface area contributed by atoms with E-state index in [1.54, 1.807) is 51.4 Å². The van der Waals surface area contributed by atoms with E-state index in [4.69, 9.17) is 9.97 Å². The zero-order chi connectivity index (χ0) is 33.6. The number of thiophene rings is 4. The second kappa shape index (κ2) is 16.7. The zero-order valence-electron chi connectivity index (χ0n) is 28.4. The first-order valence-electron chi connectivity index (χ1n) is 17.9. The van der Waals surface area contributed by atoms with Gasteiger partial charge < -0.3 is 5.11 Å². The lowest BCUT2D eigenvalue weighted by atomic mass is 10.0. The molecule has 0 spiro atoms. The fourth-order valence-corrected chi connectivity index (χ4v) is 12.8. The Morgan fingerprint density at radius 3 is 1.61 bits per heavy atom. The molecule has 7 aromatic rings. The molecule has 0 aliphatic rings. The molecule has 0 bridgehead atoms. The quantitative estimate of drug-likeness (QED) is 0.0886. The lowest BCUT2D eigenvalue weighted by molar-refractivity contribution is 0.479. The third-order valence-electron chi connectivity index (χ3n) is 9.12. The maximum Gasteiger partial charge on any atom is 0.138 e. The lowest BCUT2D eigenvalue weighted by Gasteiger charge is -2.07. The van der Waals surface area contributed by atoms with Crippen LogP contribution in [0.4, 0.5) is 0 Å². The van der Waals surface area contributed by atoms with Gasteiger partial charge in [0.15, 0.2) is 0 Å². The van der Waals surface area contributed by atoms with E-state index in [2.05, 4.69) is 55.6 Å². The Labute approximate surface area is 314 Å². The van der Waals surface area contributed by atoms with E-state index in [0.717, 1.165) is 38.8 Å². The van der Waals surface area contributed by atoms with Crippen LogP contribution in [-0.2, 0) is 12.8 Å². The molecule has 0 saturated carbocycles. The van der Waals surface area contributed by atoms with Crippen LogP contribution in [0, 0.1) is 0 Å². The van der Waals surface area contributed by atoms with Gasteiger partial charge in [0.25, 0.3) is 0 Å². The van der Waals surface area contributed by atoms with Gasteiger partial charge in [0.1, 0.15) is 20.6 Å². The van der Waals surface area contributed by atoms with Crippen molar-refractivity contribution >= 4 is 88.5 Å². The highest BCUT2D eigenvalue weighted by Gasteiger charge is 2.27. The molecule has 6 heterocycles. The normalized spacial score (nSPS) is 11.9. The van der Waals surface area contributed by atoms with Crippen LogP contribution >= 0.6 is 68.0 Å². The van der Waals surface area contributed by atoms with Gasteiger partial charge in [-0.3, -0.25) is 0 Å². The molecule has 0 unspecified atom stereocenters. The van der Waals surface area contributed by atoms with E-state index in [-0.39, 0.29) is 0 Å². The topological polar surface area (TPSA) is 46.0 Å². The van der Waals surface area contributed by atoms with Crippen LogP contribution in [0.5, 0.6) is 5.75 Å². The molecule has 7 rings (SSSR count). The summed E-state index contributed by atoms with van der Waals surface area (Å²) >= 11 is 10.7. The second-order valence-electron chi connectivity index (χ2n) is 12.8. The lowest BCUT2D eigenvalue weighted by Crippen LogP contribution is -1.85. The summed E-state index contributed by atoms with van der Waals surface area (Å²) in [5, 5.41) is 16.8. The summed E-state index contributed by atoms with van der Waals surface area (Å²) < 4.78 is 2.39. The van der Waals surface area contributed by atoms with Crippen molar-refractivity contribution in [1.29, 1.82) is 0 Å². The number of aryl methyl sites for hydroxylation is 2. The Bertz CT molecular complexity index is 1980. The summed E-state index contributed by atoms with van der Waals surface area (Å²) in [7, 11) is 0. The molecule has 0 aliphatic heterocycles. The molecule has 0 atom stereocenters. The minimum atomic E-state index is 0.307. The van der Waals surface area contributed by atoms with Crippen LogP contribution in [0.2, 0.25) is 0 Å². The minimum absolute atomic E-state index is 0.307. The largest absolute Gasteiger partial charge is 0.506 e. The van der Waals surface area contributed by atoms with E-state index in [9.17, 15) is 5.11 Å². The molecule has 9 heteroatoms. The average Bonchev–Trinajstić information content (AvgIpc) is 3.95. The fourth-order valence-electron chi connectivity index (χ4n) is 6.51. The van der Waals surface area contributed by atoms with E-state index in [0.29, 0.717) is 5.75 Å². The first-order valence-corrected chi connectivity index (χ1v) is 22.9. The smallest absolute Gasteiger partial charge is 0.138 e. The molecule has 3 nitrogen and oxygen atoms in total. The number of nitrogens with zero attached hydrogens (tertiary/aromatic N) is 2. The second-order valence-corrected chi connectivity index (χ2v) is 19.0. The van der Waals surface area contributed by atoms with Gasteiger partial charge in [-0.2, -0.15) is 0 Å². The summed E-state index contributed by atoms with van der Waals surface area (Å²) in [6.45, 7) is 4.56. The number of hydrogen-bond donors (Lipinski definition) is 1. The van der Waals surface area contributed by atoms with Crippen LogP contribution < -0.4 is 0 Å². The predicted molar refractivity (Wildman–Crippen MR) is 222 cm³/mol. The first-order chi connectivity index (χ1) is 24.1. The Morgan fingerprint density at radius 1 is 0.531 bits per heavy atom. The van der Waals surface area contributed by atoms with Crippen molar-refractivity contribution < 1.29 is 5.11 Å². The average molecular weight is 761 g/mol. The van der Waals surface area contributed by atoms with Crippen LogP contribution in [0.15, 0.2) is 53.2 Å². The van der Waals surface area contributed by atoms with Crippen LogP contribution in [-0.4, -0.2) is 15.1 Å². The van der Waals surface area contributed by atoms with E-state index >= 15 is 0 Å². The number of rotatable bonds is 18. The molecule has 6 aromatic heterocycles. The summed E-state index contributed by atoms with van der Waals surface area (Å²) in [5.74, 6) is 0.307. The van der Waals surface area contributed by atoms with Crippen LogP contribution in [0.3, 0.4) is 0 Å². The van der Waals surface area contributed by atoms with Crippen molar-refractivity contribution in [3.8, 4) is 46.4 Å². The highest BCUT2D eigenvalue weighted by molar-refractivity contribution is 7.28. The summed E-state index contributed by atoms with van der Waals surface area (Å²) in [4.78, 5) is 18.3. The van der Waals surface area contributed by atoms with Crippen LogP contribution in [0.25, 0.3) is 61.1 Å². The molecule has 0 radical (unpaired) electrons. The van der Waals surface area contributed by atoms with Gasteiger partial charge in [-0.25, -0.2) is 9.97 Å². The van der Waals surface area contributed by atoms with Gasteiger partial charge in [-0.15, -0.1) is 68.0 Å². The van der Waals surface area contributed by atoms with Crippen molar-refractivity contribution in [2.24, 2.45) is 0 Å². The van der Waals surface area contributed by atoms with Gasteiger partial charge >= 0.3 is 0 Å². The molecule has 256 valence electrons. The molecule has 49 heavy (non-hydrogen) atoms. The highest BCUT2D eigenvalue weighted by Crippen LogP contribution is 2.53. The molecular formula is C40H44N2OS6.